The molecule has 0 saturated carbocycles. The number of rotatable bonds is 1. The molecule has 0 aromatic heterocycles. The largest absolute Gasteiger partial charge is 0.323 e. The van der Waals surface area contributed by atoms with E-state index in [9.17, 15) is 0 Å². The molecule has 1 rings (SSSR count). The molecule has 12 heavy (non-hydrogen) atoms. The molecule has 0 atom stereocenters. The predicted molar refractivity (Wildman–Crippen MR) is 58.9 cm³/mol. The SMILES string of the molecule is Cl.N#Cc1ccc(NN)c(I)c1. The highest BCUT2D eigenvalue weighted by molar-refractivity contribution is 14.1. The van der Waals surface area contributed by atoms with Crippen LogP contribution in [0.4, 0.5) is 5.69 Å². The maximum Gasteiger partial charge on any atom is 0.0992 e. The van der Waals surface area contributed by atoms with Gasteiger partial charge in [0, 0.05) is 3.57 Å². The maximum atomic E-state index is 8.52. The van der Waals surface area contributed by atoms with Crippen molar-refractivity contribution in [3.63, 3.8) is 0 Å². The third kappa shape index (κ3) is 2.52. The van der Waals surface area contributed by atoms with Gasteiger partial charge in [0.25, 0.3) is 0 Å². The Morgan fingerprint density at radius 2 is 2.17 bits per heavy atom. The Balaban J connectivity index is 0.00000121. The van der Waals surface area contributed by atoms with Gasteiger partial charge in [-0.15, -0.1) is 12.4 Å². The molecule has 3 N–H and O–H groups in total. The van der Waals surface area contributed by atoms with E-state index in [4.69, 9.17) is 11.1 Å². The van der Waals surface area contributed by atoms with Crippen molar-refractivity contribution >= 4 is 40.7 Å². The quantitative estimate of drug-likeness (QED) is 0.472. The number of nitrogens with zero attached hydrogens (tertiary/aromatic N) is 1. The zero-order chi connectivity index (χ0) is 8.27. The fourth-order valence-electron chi connectivity index (χ4n) is 0.702. The molecular weight excluding hydrogens is 288 g/mol. The number of halogens is 2. The minimum absolute atomic E-state index is 0. The molecular formula is C7H7ClIN3. The second-order valence-corrected chi connectivity index (χ2v) is 3.11. The van der Waals surface area contributed by atoms with Gasteiger partial charge >= 0.3 is 0 Å². The monoisotopic (exact) mass is 295 g/mol. The maximum absolute atomic E-state index is 8.52. The summed E-state index contributed by atoms with van der Waals surface area (Å²) in [5.41, 5.74) is 4.01. The van der Waals surface area contributed by atoms with Gasteiger partial charge in [0.15, 0.2) is 0 Å². The van der Waals surface area contributed by atoms with Gasteiger partial charge in [-0.3, -0.25) is 5.84 Å². The Morgan fingerprint density at radius 3 is 2.58 bits per heavy atom. The number of nitrogens with two attached hydrogens (primary N) is 1. The fourth-order valence-corrected chi connectivity index (χ4v) is 1.37. The lowest BCUT2D eigenvalue weighted by Gasteiger charge is -2.01. The molecule has 0 aliphatic rings. The van der Waals surface area contributed by atoms with E-state index in [1.165, 1.54) is 0 Å². The van der Waals surface area contributed by atoms with E-state index in [1.807, 2.05) is 6.07 Å². The normalized spacial score (nSPS) is 8.08. The topological polar surface area (TPSA) is 61.8 Å². The molecule has 1 aromatic carbocycles. The summed E-state index contributed by atoms with van der Waals surface area (Å²) in [6, 6.07) is 7.32. The average Bonchev–Trinajstić information content (AvgIpc) is 2.04. The van der Waals surface area contributed by atoms with Gasteiger partial charge in [0.05, 0.1) is 17.3 Å². The summed E-state index contributed by atoms with van der Waals surface area (Å²) in [7, 11) is 0. The van der Waals surface area contributed by atoms with Crippen molar-refractivity contribution in [3.8, 4) is 6.07 Å². The Hall–Kier alpha value is -0.510. The number of nitrogens with one attached hydrogen (secondary N) is 1. The molecule has 0 aliphatic heterocycles. The fraction of sp³-hybridized carbons (Fsp3) is 0. The molecule has 0 radical (unpaired) electrons. The van der Waals surface area contributed by atoms with E-state index in [0.717, 1.165) is 9.26 Å². The molecule has 64 valence electrons. The summed E-state index contributed by atoms with van der Waals surface area (Å²) in [4.78, 5) is 0. The lowest BCUT2D eigenvalue weighted by molar-refractivity contribution is 1.33. The van der Waals surface area contributed by atoms with Gasteiger partial charge in [-0.2, -0.15) is 5.26 Å². The molecule has 0 aliphatic carbocycles. The lowest BCUT2D eigenvalue weighted by Crippen LogP contribution is -2.07. The van der Waals surface area contributed by atoms with Gasteiger partial charge in [0.2, 0.25) is 0 Å². The second-order valence-electron chi connectivity index (χ2n) is 1.95. The standard InChI is InChI=1S/C7H6IN3.ClH/c8-6-3-5(4-9)1-2-7(6)11-10;/h1-3,11H,10H2;1H. The molecule has 0 unspecified atom stereocenters. The van der Waals surface area contributed by atoms with E-state index < -0.39 is 0 Å². The zero-order valence-electron chi connectivity index (χ0n) is 6.04. The number of benzene rings is 1. The first-order chi connectivity index (χ1) is 5.27. The zero-order valence-corrected chi connectivity index (χ0v) is 9.02. The summed E-state index contributed by atoms with van der Waals surface area (Å²) in [5, 5.41) is 8.52. The first-order valence-electron chi connectivity index (χ1n) is 2.94. The first-order valence-corrected chi connectivity index (χ1v) is 4.02. The number of anilines is 1. The van der Waals surface area contributed by atoms with Crippen molar-refractivity contribution in [2.45, 2.75) is 0 Å². The van der Waals surface area contributed by atoms with E-state index in [0.29, 0.717) is 5.56 Å². The Morgan fingerprint density at radius 1 is 1.50 bits per heavy atom. The van der Waals surface area contributed by atoms with Crippen LogP contribution in [0.1, 0.15) is 5.56 Å². The Bertz CT molecular complexity index is 308. The molecule has 0 saturated heterocycles. The van der Waals surface area contributed by atoms with E-state index in [-0.39, 0.29) is 12.4 Å². The van der Waals surface area contributed by atoms with Crippen LogP contribution in [0.2, 0.25) is 0 Å². The van der Waals surface area contributed by atoms with E-state index in [1.54, 1.807) is 18.2 Å². The van der Waals surface area contributed by atoms with Crippen molar-refractivity contribution in [3.05, 3.63) is 27.3 Å². The Kier molecular flexibility index (Phi) is 4.97. The van der Waals surface area contributed by atoms with Crippen LogP contribution in [0.5, 0.6) is 0 Å². The van der Waals surface area contributed by atoms with Gasteiger partial charge in [-0.1, -0.05) is 0 Å². The van der Waals surface area contributed by atoms with Crippen molar-refractivity contribution in [2.75, 3.05) is 5.43 Å². The molecule has 0 amide bonds. The molecule has 0 spiro atoms. The van der Waals surface area contributed by atoms with Crippen molar-refractivity contribution < 1.29 is 0 Å². The van der Waals surface area contributed by atoms with E-state index in [2.05, 4.69) is 28.0 Å². The lowest BCUT2D eigenvalue weighted by atomic mass is 10.2. The third-order valence-corrected chi connectivity index (χ3v) is 2.15. The highest BCUT2D eigenvalue weighted by atomic mass is 127. The van der Waals surface area contributed by atoms with Crippen LogP contribution in [-0.4, -0.2) is 0 Å². The number of hydrogen-bond donors (Lipinski definition) is 2. The average molecular weight is 296 g/mol. The third-order valence-electron chi connectivity index (χ3n) is 1.25. The minimum atomic E-state index is 0. The summed E-state index contributed by atoms with van der Waals surface area (Å²) in [5.74, 6) is 5.20. The van der Waals surface area contributed by atoms with Crippen LogP contribution >= 0.6 is 35.0 Å². The Labute approximate surface area is 90.5 Å². The van der Waals surface area contributed by atoms with Gasteiger partial charge in [-0.25, -0.2) is 0 Å². The predicted octanol–water partition coefficient (Wildman–Crippen LogP) is 1.87. The van der Waals surface area contributed by atoms with Gasteiger partial charge < -0.3 is 5.43 Å². The van der Waals surface area contributed by atoms with Gasteiger partial charge in [0.1, 0.15) is 0 Å². The van der Waals surface area contributed by atoms with Gasteiger partial charge in [-0.05, 0) is 40.8 Å². The molecule has 5 heteroatoms. The summed E-state index contributed by atoms with van der Waals surface area (Å²) < 4.78 is 0.948. The highest BCUT2D eigenvalue weighted by Crippen LogP contribution is 2.17. The first kappa shape index (κ1) is 11.5. The number of nitriles is 1. The molecule has 3 nitrogen and oxygen atoms in total. The van der Waals surface area contributed by atoms with Crippen LogP contribution in [-0.2, 0) is 0 Å². The van der Waals surface area contributed by atoms with E-state index >= 15 is 0 Å². The minimum Gasteiger partial charge on any atom is -0.323 e. The molecule has 0 bridgehead atoms. The summed E-state index contributed by atoms with van der Waals surface area (Å²) >= 11 is 2.12. The van der Waals surface area contributed by atoms with Crippen LogP contribution in [0.3, 0.4) is 0 Å². The second kappa shape index (κ2) is 5.19. The van der Waals surface area contributed by atoms with Crippen molar-refractivity contribution in [2.24, 2.45) is 5.84 Å². The number of hydrazine groups is 1. The summed E-state index contributed by atoms with van der Waals surface area (Å²) in [6.07, 6.45) is 0. The van der Waals surface area contributed by atoms with Crippen LogP contribution < -0.4 is 11.3 Å². The van der Waals surface area contributed by atoms with Crippen molar-refractivity contribution in [1.82, 2.24) is 0 Å². The van der Waals surface area contributed by atoms with Crippen LogP contribution in [0, 0.1) is 14.9 Å². The van der Waals surface area contributed by atoms with Crippen LogP contribution in [0.15, 0.2) is 18.2 Å². The summed E-state index contributed by atoms with van der Waals surface area (Å²) in [6.45, 7) is 0. The highest BCUT2D eigenvalue weighted by Gasteiger charge is 1.97. The molecule has 1 aromatic rings. The number of hydrogen-bond acceptors (Lipinski definition) is 3. The smallest absolute Gasteiger partial charge is 0.0992 e. The number of nitrogen functional groups attached to an aromatic ring is 1. The van der Waals surface area contributed by atoms with Crippen molar-refractivity contribution in [1.29, 1.82) is 5.26 Å². The molecule has 0 fully saturated rings. The van der Waals surface area contributed by atoms with Crippen LogP contribution in [0.25, 0.3) is 0 Å². The molecule has 0 heterocycles.